The Labute approximate surface area is 144 Å². The van der Waals surface area contributed by atoms with E-state index in [0.717, 1.165) is 16.7 Å². The third-order valence-corrected chi connectivity index (χ3v) is 6.16. The minimum Gasteiger partial charge on any atom is -0.207 e. The number of sulfonamides is 1. The first-order valence-electron chi connectivity index (χ1n) is 7.95. The predicted molar refractivity (Wildman–Crippen MR) is 98.0 cm³/mol. The second-order valence-electron chi connectivity index (χ2n) is 6.08. The topological polar surface area (TPSA) is 37.4 Å². The molecule has 1 fully saturated rings. The first-order chi connectivity index (χ1) is 11.5. The molecule has 0 aliphatic carbocycles. The number of nitrogens with zero attached hydrogens (tertiary/aromatic N) is 1. The fraction of sp³-hybridized carbons (Fsp3) is 0.200. The van der Waals surface area contributed by atoms with Crippen LogP contribution < -0.4 is 0 Å². The summed E-state index contributed by atoms with van der Waals surface area (Å²) in [5, 5.41) is 0. The quantitative estimate of drug-likeness (QED) is 0.793. The molecule has 1 atom stereocenters. The van der Waals surface area contributed by atoms with Crippen LogP contribution in [0, 0.1) is 12.8 Å². The minimum absolute atomic E-state index is 0.0467. The zero-order valence-electron chi connectivity index (χ0n) is 13.7. The van der Waals surface area contributed by atoms with Gasteiger partial charge in [0.05, 0.1) is 4.90 Å². The van der Waals surface area contributed by atoms with Gasteiger partial charge in [0.15, 0.2) is 0 Å². The molecule has 2 aromatic rings. The number of benzene rings is 2. The molecule has 0 aromatic heterocycles. The smallest absolute Gasteiger partial charge is 0.207 e. The average molecular weight is 339 g/mol. The highest BCUT2D eigenvalue weighted by Crippen LogP contribution is 2.30. The van der Waals surface area contributed by atoms with E-state index in [-0.39, 0.29) is 5.92 Å². The van der Waals surface area contributed by atoms with E-state index in [1.165, 1.54) is 0 Å². The van der Waals surface area contributed by atoms with Crippen LogP contribution in [0.4, 0.5) is 0 Å². The Morgan fingerprint density at radius 3 is 2.38 bits per heavy atom. The third kappa shape index (κ3) is 3.35. The number of hydrogen-bond acceptors (Lipinski definition) is 2. The van der Waals surface area contributed by atoms with E-state index < -0.39 is 10.0 Å². The van der Waals surface area contributed by atoms with Crippen molar-refractivity contribution in [1.82, 2.24) is 4.31 Å². The van der Waals surface area contributed by atoms with Gasteiger partial charge in [-0.05, 0) is 30.2 Å². The van der Waals surface area contributed by atoms with Crippen molar-refractivity contribution in [2.24, 2.45) is 5.92 Å². The van der Waals surface area contributed by atoms with Crippen molar-refractivity contribution in [2.45, 2.75) is 11.8 Å². The summed E-state index contributed by atoms with van der Waals surface area (Å²) >= 11 is 0. The van der Waals surface area contributed by atoms with Crippen molar-refractivity contribution in [1.29, 1.82) is 0 Å². The lowest BCUT2D eigenvalue weighted by Crippen LogP contribution is -2.28. The summed E-state index contributed by atoms with van der Waals surface area (Å²) in [5.74, 6) is 0.0467. The summed E-state index contributed by atoms with van der Waals surface area (Å²) in [5.41, 5.74) is 3.20. The first-order valence-corrected chi connectivity index (χ1v) is 9.39. The third-order valence-electron chi connectivity index (χ3n) is 4.33. The molecule has 0 N–H and O–H groups in total. The van der Waals surface area contributed by atoms with Gasteiger partial charge in [-0.3, -0.25) is 0 Å². The van der Waals surface area contributed by atoms with E-state index in [0.29, 0.717) is 18.0 Å². The zero-order valence-corrected chi connectivity index (χ0v) is 14.5. The van der Waals surface area contributed by atoms with E-state index in [1.54, 1.807) is 16.4 Å². The summed E-state index contributed by atoms with van der Waals surface area (Å²) in [7, 11) is -3.48. The van der Waals surface area contributed by atoms with Gasteiger partial charge < -0.3 is 0 Å². The largest absolute Gasteiger partial charge is 0.243 e. The first kappa shape index (κ1) is 16.7. The van der Waals surface area contributed by atoms with Crippen LogP contribution in [0.3, 0.4) is 0 Å². The van der Waals surface area contributed by atoms with Gasteiger partial charge in [0.1, 0.15) is 0 Å². The Hall–Kier alpha value is -2.17. The van der Waals surface area contributed by atoms with Gasteiger partial charge in [0, 0.05) is 19.0 Å². The van der Waals surface area contributed by atoms with Crippen LogP contribution in [0.2, 0.25) is 0 Å². The molecule has 124 valence electrons. The lowest BCUT2D eigenvalue weighted by atomic mass is 10.0. The SMILES string of the molecule is C=C[C@@H]1CN(S(=O)(=O)c2ccc(C)cc2)C/C1=C\c1ccccc1. The molecular formula is C20H21NO2S. The molecule has 0 bridgehead atoms. The number of rotatable bonds is 4. The van der Waals surface area contributed by atoms with Gasteiger partial charge in [-0.2, -0.15) is 4.31 Å². The molecule has 24 heavy (non-hydrogen) atoms. The maximum atomic E-state index is 12.9. The molecule has 0 radical (unpaired) electrons. The van der Waals surface area contributed by atoms with E-state index >= 15 is 0 Å². The van der Waals surface area contributed by atoms with Crippen LogP contribution in [-0.2, 0) is 10.0 Å². The molecule has 3 rings (SSSR count). The molecule has 1 saturated heterocycles. The molecular weight excluding hydrogens is 318 g/mol. The minimum atomic E-state index is -3.48. The van der Waals surface area contributed by atoms with Crippen LogP contribution in [0.1, 0.15) is 11.1 Å². The van der Waals surface area contributed by atoms with E-state index in [4.69, 9.17) is 0 Å². The maximum absolute atomic E-state index is 12.9. The standard InChI is InChI=1S/C20H21NO2S/c1-3-18-14-21(15-19(18)13-17-7-5-4-6-8-17)24(22,23)20-11-9-16(2)10-12-20/h3-13,18H,1,14-15H2,2H3/b19-13+/t18-/m1/s1. The summed E-state index contributed by atoms with van der Waals surface area (Å²) in [6.45, 7) is 6.67. The Morgan fingerprint density at radius 1 is 1.08 bits per heavy atom. The summed E-state index contributed by atoms with van der Waals surface area (Å²) in [6, 6.07) is 17.0. The second-order valence-corrected chi connectivity index (χ2v) is 8.02. The van der Waals surface area contributed by atoms with E-state index in [2.05, 4.69) is 12.7 Å². The van der Waals surface area contributed by atoms with Crippen molar-refractivity contribution in [3.8, 4) is 0 Å². The van der Waals surface area contributed by atoms with Crippen LogP contribution in [0.5, 0.6) is 0 Å². The normalized spacial score (nSPS) is 20.4. The molecule has 4 heteroatoms. The maximum Gasteiger partial charge on any atom is 0.243 e. The predicted octanol–water partition coefficient (Wildman–Crippen LogP) is 3.89. The highest BCUT2D eigenvalue weighted by Gasteiger charge is 2.34. The second kappa shape index (κ2) is 6.75. The molecule has 1 aliphatic rings. The van der Waals surface area contributed by atoms with Crippen molar-refractivity contribution >= 4 is 16.1 Å². The molecule has 1 aliphatic heterocycles. The zero-order chi connectivity index (χ0) is 17.2. The van der Waals surface area contributed by atoms with Gasteiger partial charge >= 0.3 is 0 Å². The Kier molecular flexibility index (Phi) is 4.69. The molecule has 1 heterocycles. The highest BCUT2D eigenvalue weighted by molar-refractivity contribution is 7.89. The molecule has 0 saturated carbocycles. The fourth-order valence-corrected chi connectivity index (χ4v) is 4.36. The van der Waals surface area contributed by atoms with Crippen LogP contribution in [0.25, 0.3) is 6.08 Å². The van der Waals surface area contributed by atoms with Gasteiger partial charge in [0.2, 0.25) is 10.0 Å². The molecule has 0 amide bonds. The van der Waals surface area contributed by atoms with E-state index in [9.17, 15) is 8.42 Å². The van der Waals surface area contributed by atoms with Gasteiger partial charge in [-0.25, -0.2) is 8.42 Å². The lowest BCUT2D eigenvalue weighted by Gasteiger charge is -2.15. The van der Waals surface area contributed by atoms with Crippen LogP contribution >= 0.6 is 0 Å². The Morgan fingerprint density at radius 2 is 1.75 bits per heavy atom. The van der Waals surface area contributed by atoms with E-state index in [1.807, 2.05) is 55.5 Å². The number of aryl methyl sites for hydroxylation is 1. The van der Waals surface area contributed by atoms with Gasteiger partial charge in [0.25, 0.3) is 0 Å². The monoisotopic (exact) mass is 339 g/mol. The van der Waals surface area contributed by atoms with Gasteiger partial charge in [-0.15, -0.1) is 6.58 Å². The number of hydrogen-bond donors (Lipinski definition) is 0. The van der Waals surface area contributed by atoms with Crippen LogP contribution in [0.15, 0.2) is 77.7 Å². The highest BCUT2D eigenvalue weighted by atomic mass is 32.2. The molecule has 2 aromatic carbocycles. The fourth-order valence-electron chi connectivity index (χ4n) is 2.91. The summed E-state index contributed by atoms with van der Waals surface area (Å²) < 4.78 is 27.3. The van der Waals surface area contributed by atoms with Gasteiger partial charge in [-0.1, -0.05) is 60.2 Å². The van der Waals surface area contributed by atoms with Crippen molar-refractivity contribution in [2.75, 3.05) is 13.1 Å². The molecule has 3 nitrogen and oxygen atoms in total. The molecule has 0 spiro atoms. The summed E-state index contributed by atoms with van der Waals surface area (Å²) in [4.78, 5) is 0.344. The van der Waals surface area contributed by atoms with Crippen molar-refractivity contribution in [3.63, 3.8) is 0 Å². The lowest BCUT2D eigenvalue weighted by molar-refractivity contribution is 0.471. The van der Waals surface area contributed by atoms with Crippen molar-refractivity contribution < 1.29 is 8.42 Å². The Balaban J connectivity index is 1.90. The molecule has 0 unspecified atom stereocenters. The Bertz CT molecular complexity index is 852. The van der Waals surface area contributed by atoms with Crippen LogP contribution in [-0.4, -0.2) is 25.8 Å². The average Bonchev–Trinajstić information content (AvgIpc) is 3.00. The summed E-state index contributed by atoms with van der Waals surface area (Å²) in [6.07, 6.45) is 3.90. The van der Waals surface area contributed by atoms with Crippen molar-refractivity contribution in [3.05, 3.63) is 84.0 Å².